The van der Waals surface area contributed by atoms with E-state index in [9.17, 15) is 9.59 Å². The van der Waals surface area contributed by atoms with Crippen LogP contribution in [0.2, 0.25) is 0 Å². The fraction of sp³-hybridized carbons (Fsp3) is 0.259. The number of ether oxygens (including phenoxy) is 1. The Hall–Kier alpha value is -3.84. The molecule has 1 aliphatic rings. The number of carbonyl (C=O) groups excluding carboxylic acids is 2. The summed E-state index contributed by atoms with van der Waals surface area (Å²) in [5.41, 5.74) is 4.16. The number of methoxy groups -OCH3 is 1. The molecule has 0 radical (unpaired) electrons. The van der Waals surface area contributed by atoms with Crippen molar-refractivity contribution in [2.45, 2.75) is 6.04 Å². The summed E-state index contributed by atoms with van der Waals surface area (Å²) >= 11 is 0. The van der Waals surface area contributed by atoms with E-state index in [0.29, 0.717) is 5.56 Å². The largest absolute Gasteiger partial charge is 0.468 e. The van der Waals surface area contributed by atoms with Gasteiger partial charge in [0, 0.05) is 50.3 Å². The quantitative estimate of drug-likeness (QED) is 0.521. The molecule has 3 aromatic carbocycles. The average Bonchev–Trinajstić information content (AvgIpc) is 2.90. The molecule has 34 heavy (non-hydrogen) atoms. The third-order valence-electron chi connectivity index (χ3n) is 6.15. The van der Waals surface area contributed by atoms with Crippen molar-refractivity contribution in [3.63, 3.8) is 0 Å². The second-order valence-corrected chi connectivity index (χ2v) is 8.16. The van der Waals surface area contributed by atoms with Crippen LogP contribution in [0.5, 0.6) is 0 Å². The summed E-state index contributed by atoms with van der Waals surface area (Å²) in [7, 11) is 3.24. The Kier molecular flexibility index (Phi) is 7.44. The van der Waals surface area contributed by atoms with Gasteiger partial charge in [0.05, 0.1) is 12.7 Å². The number of piperazine rings is 1. The highest BCUT2D eigenvalue weighted by atomic mass is 16.5. The van der Waals surface area contributed by atoms with Crippen molar-refractivity contribution in [1.82, 2.24) is 4.90 Å². The maximum absolute atomic E-state index is 12.7. The molecule has 1 aliphatic heterocycles. The van der Waals surface area contributed by atoms with Gasteiger partial charge in [-0.25, -0.2) is 4.79 Å². The first-order valence-electron chi connectivity index (χ1n) is 11.4. The first-order valence-corrected chi connectivity index (χ1v) is 11.4. The molecule has 0 aromatic heterocycles. The predicted octanol–water partition coefficient (Wildman–Crippen LogP) is 4.02. The number of nitrogens with one attached hydrogen (secondary N) is 2. The number of hydrogen-bond acceptors (Lipinski definition) is 6. The second kappa shape index (κ2) is 10.9. The van der Waals surface area contributed by atoms with Gasteiger partial charge in [0.2, 0.25) is 0 Å². The molecule has 1 unspecified atom stereocenters. The van der Waals surface area contributed by atoms with Gasteiger partial charge in [-0.2, -0.15) is 0 Å². The smallest absolute Gasteiger partial charge is 0.327 e. The summed E-state index contributed by atoms with van der Waals surface area (Å²) < 4.78 is 5.09. The molecule has 7 heteroatoms. The fourth-order valence-corrected chi connectivity index (χ4v) is 4.33. The van der Waals surface area contributed by atoms with Crippen LogP contribution in [0, 0.1) is 0 Å². The zero-order valence-corrected chi connectivity index (χ0v) is 19.5. The maximum Gasteiger partial charge on any atom is 0.327 e. The number of anilines is 3. The van der Waals surface area contributed by atoms with Crippen molar-refractivity contribution in [1.29, 1.82) is 0 Å². The molecule has 1 fully saturated rings. The maximum atomic E-state index is 12.7. The Morgan fingerprint density at radius 3 is 2.15 bits per heavy atom. The van der Waals surface area contributed by atoms with Gasteiger partial charge < -0.3 is 20.3 Å². The minimum atomic E-state index is -0.397. The molecule has 1 amide bonds. The number of esters is 1. The fourth-order valence-electron chi connectivity index (χ4n) is 4.33. The predicted molar refractivity (Wildman–Crippen MR) is 135 cm³/mol. The van der Waals surface area contributed by atoms with E-state index in [2.05, 4.69) is 20.4 Å². The molecule has 1 atom stereocenters. The summed E-state index contributed by atoms with van der Waals surface area (Å²) in [4.78, 5) is 29.6. The number of rotatable bonds is 7. The topological polar surface area (TPSA) is 73.9 Å². The molecule has 1 heterocycles. The van der Waals surface area contributed by atoms with E-state index in [1.165, 1.54) is 7.11 Å². The van der Waals surface area contributed by atoms with E-state index in [1.807, 2.05) is 72.8 Å². The highest BCUT2D eigenvalue weighted by molar-refractivity contribution is 6.08. The van der Waals surface area contributed by atoms with Crippen LogP contribution in [0.1, 0.15) is 22.0 Å². The number of benzene rings is 3. The van der Waals surface area contributed by atoms with Crippen LogP contribution in [0.3, 0.4) is 0 Å². The summed E-state index contributed by atoms with van der Waals surface area (Å²) in [6.07, 6.45) is 0. The SMILES string of the molecule is CNc1ccccc1C(=O)Nc1ccc(N2CCN(C(C(=O)OC)c3ccccc3)CC2)cc1. The van der Waals surface area contributed by atoms with Crippen LogP contribution in [0.15, 0.2) is 78.9 Å². The van der Waals surface area contributed by atoms with Gasteiger partial charge in [-0.05, 0) is 42.0 Å². The number of carbonyl (C=O) groups is 2. The van der Waals surface area contributed by atoms with Gasteiger partial charge in [0.25, 0.3) is 5.91 Å². The number of nitrogens with zero attached hydrogens (tertiary/aromatic N) is 2. The van der Waals surface area contributed by atoms with Gasteiger partial charge in [0.1, 0.15) is 6.04 Å². The number of amides is 1. The number of para-hydroxylation sites is 1. The zero-order chi connectivity index (χ0) is 23.9. The third kappa shape index (κ3) is 5.21. The lowest BCUT2D eigenvalue weighted by Gasteiger charge is -2.39. The molecule has 0 saturated carbocycles. The number of hydrogen-bond donors (Lipinski definition) is 2. The third-order valence-corrected chi connectivity index (χ3v) is 6.15. The van der Waals surface area contributed by atoms with E-state index < -0.39 is 6.04 Å². The molecule has 3 aromatic rings. The molecule has 2 N–H and O–H groups in total. The molecule has 176 valence electrons. The summed E-state index contributed by atoms with van der Waals surface area (Å²) in [5, 5.41) is 6.01. The molecule has 0 spiro atoms. The van der Waals surface area contributed by atoms with E-state index in [-0.39, 0.29) is 11.9 Å². The molecule has 0 aliphatic carbocycles. The van der Waals surface area contributed by atoms with Crippen LogP contribution < -0.4 is 15.5 Å². The van der Waals surface area contributed by atoms with Gasteiger partial charge >= 0.3 is 5.97 Å². The van der Waals surface area contributed by atoms with Crippen molar-refractivity contribution < 1.29 is 14.3 Å². The summed E-state index contributed by atoms with van der Waals surface area (Å²) in [6, 6.07) is 24.7. The normalized spacial score (nSPS) is 14.8. The van der Waals surface area contributed by atoms with Gasteiger partial charge in [-0.1, -0.05) is 42.5 Å². The Morgan fingerprint density at radius 1 is 0.853 bits per heavy atom. The van der Waals surface area contributed by atoms with Crippen molar-refractivity contribution in [3.05, 3.63) is 90.0 Å². The first kappa shape index (κ1) is 23.3. The molecule has 0 bridgehead atoms. The highest BCUT2D eigenvalue weighted by Gasteiger charge is 2.31. The molecular formula is C27H30N4O3. The highest BCUT2D eigenvalue weighted by Crippen LogP contribution is 2.26. The van der Waals surface area contributed by atoms with E-state index in [1.54, 1.807) is 13.1 Å². The van der Waals surface area contributed by atoms with Gasteiger partial charge in [-0.3, -0.25) is 9.69 Å². The standard InChI is InChI=1S/C27H30N4O3/c1-28-24-11-7-6-10-23(24)26(32)29-21-12-14-22(15-13-21)30-16-18-31(19-17-30)25(27(33)34-2)20-8-4-3-5-9-20/h3-15,25,28H,16-19H2,1-2H3,(H,29,32). The van der Waals surface area contributed by atoms with Crippen LogP contribution in [-0.2, 0) is 9.53 Å². The summed E-state index contributed by atoms with van der Waals surface area (Å²) in [5.74, 6) is -0.388. The Morgan fingerprint density at radius 2 is 1.50 bits per heavy atom. The average molecular weight is 459 g/mol. The monoisotopic (exact) mass is 458 g/mol. The lowest BCUT2D eigenvalue weighted by molar-refractivity contribution is -0.147. The molecule has 4 rings (SSSR count). The van der Waals surface area contributed by atoms with E-state index >= 15 is 0 Å². The minimum Gasteiger partial charge on any atom is -0.468 e. The van der Waals surface area contributed by atoms with E-state index in [0.717, 1.165) is 48.8 Å². The Bertz CT molecular complexity index is 1110. The van der Waals surface area contributed by atoms with Crippen molar-refractivity contribution in [3.8, 4) is 0 Å². The minimum absolute atomic E-state index is 0.152. The second-order valence-electron chi connectivity index (χ2n) is 8.16. The van der Waals surface area contributed by atoms with Crippen molar-refractivity contribution in [2.75, 3.05) is 55.9 Å². The Labute approximate surface area is 200 Å². The lowest BCUT2D eigenvalue weighted by atomic mass is 10.0. The van der Waals surface area contributed by atoms with Gasteiger partial charge in [0.15, 0.2) is 0 Å². The lowest BCUT2D eigenvalue weighted by Crippen LogP contribution is -2.49. The van der Waals surface area contributed by atoms with Crippen LogP contribution >= 0.6 is 0 Å². The molecule has 7 nitrogen and oxygen atoms in total. The van der Waals surface area contributed by atoms with Crippen LogP contribution in [0.25, 0.3) is 0 Å². The van der Waals surface area contributed by atoms with E-state index in [4.69, 9.17) is 4.74 Å². The first-order chi connectivity index (χ1) is 16.6. The van der Waals surface area contributed by atoms with Crippen LogP contribution in [-0.4, -0.2) is 57.1 Å². The Balaban J connectivity index is 1.38. The molecule has 1 saturated heterocycles. The zero-order valence-electron chi connectivity index (χ0n) is 19.5. The summed E-state index contributed by atoms with van der Waals surface area (Å²) in [6.45, 7) is 3.07. The molecular weight excluding hydrogens is 428 g/mol. The van der Waals surface area contributed by atoms with Gasteiger partial charge in [-0.15, -0.1) is 0 Å². The van der Waals surface area contributed by atoms with Crippen LogP contribution in [0.4, 0.5) is 17.1 Å². The van der Waals surface area contributed by atoms with Crippen molar-refractivity contribution in [2.24, 2.45) is 0 Å². The van der Waals surface area contributed by atoms with Crippen molar-refractivity contribution >= 4 is 28.9 Å².